The van der Waals surface area contributed by atoms with Crippen LogP contribution in [0.4, 0.5) is 0 Å². The molecule has 2 aromatic carbocycles. The first kappa shape index (κ1) is 16.4. The molecule has 0 atom stereocenters. The topological polar surface area (TPSA) is 46.9 Å². The second-order valence-electron chi connectivity index (χ2n) is 6.73. The first-order valence-corrected chi connectivity index (χ1v) is 8.28. The van der Waals surface area contributed by atoms with Gasteiger partial charge in [-0.1, -0.05) is 42.5 Å². The largest absolute Gasteiger partial charge is 0.310 e. The van der Waals surface area contributed by atoms with Crippen LogP contribution in [0, 0.1) is 0 Å². The Balaban J connectivity index is 1.64. The summed E-state index contributed by atoms with van der Waals surface area (Å²) in [5.74, 6) is 0. The van der Waals surface area contributed by atoms with Crippen LogP contribution in [0.25, 0.3) is 10.9 Å². The fourth-order valence-corrected chi connectivity index (χ4v) is 2.95. The van der Waals surface area contributed by atoms with Gasteiger partial charge < -0.3 is 5.32 Å². The summed E-state index contributed by atoms with van der Waals surface area (Å²) in [6.07, 6.45) is 2.58. The van der Waals surface area contributed by atoms with Gasteiger partial charge in [0, 0.05) is 18.6 Å². The van der Waals surface area contributed by atoms with E-state index in [4.69, 9.17) is 0 Å². The van der Waals surface area contributed by atoms with E-state index in [0.29, 0.717) is 11.9 Å². The molecule has 0 saturated carbocycles. The molecule has 1 aromatic heterocycles. The Morgan fingerprint density at radius 2 is 1.75 bits per heavy atom. The highest BCUT2D eigenvalue weighted by atomic mass is 16.1. The zero-order chi connectivity index (χ0) is 17.0. The van der Waals surface area contributed by atoms with Gasteiger partial charge in [-0.15, -0.1) is 0 Å². The Hall–Kier alpha value is -2.46. The fourth-order valence-electron chi connectivity index (χ4n) is 2.95. The molecule has 4 heteroatoms. The molecule has 0 aliphatic heterocycles. The zero-order valence-corrected chi connectivity index (χ0v) is 14.2. The molecule has 3 aromatic rings. The molecule has 0 radical (unpaired) electrons. The monoisotopic (exact) mass is 321 g/mol. The maximum absolute atomic E-state index is 12.5. The molecule has 3 rings (SSSR count). The van der Waals surface area contributed by atoms with Gasteiger partial charge in [0.2, 0.25) is 0 Å². The normalized spacial score (nSPS) is 11.8. The molecule has 1 heterocycles. The van der Waals surface area contributed by atoms with Crippen molar-refractivity contribution in [1.82, 2.24) is 14.9 Å². The molecular formula is C20H23N3O. The standard InChI is InChI=1S/C20H23N3O/c1-20(2,14-16-8-4-3-5-9-16)22-12-13-23-15-21-18-11-7-6-10-17(18)19(23)24/h3-11,15,22H,12-14H2,1-2H3. The van der Waals surface area contributed by atoms with Crippen molar-refractivity contribution in [1.29, 1.82) is 0 Å². The third kappa shape index (κ3) is 3.89. The van der Waals surface area contributed by atoms with Gasteiger partial charge in [0.25, 0.3) is 5.56 Å². The first-order chi connectivity index (χ1) is 11.6. The van der Waals surface area contributed by atoms with Crippen molar-refractivity contribution >= 4 is 10.9 Å². The number of para-hydroxylation sites is 1. The number of rotatable bonds is 6. The van der Waals surface area contributed by atoms with Crippen LogP contribution >= 0.6 is 0 Å². The maximum Gasteiger partial charge on any atom is 0.261 e. The molecule has 0 aliphatic rings. The zero-order valence-electron chi connectivity index (χ0n) is 14.2. The van der Waals surface area contributed by atoms with Crippen LogP contribution in [0.3, 0.4) is 0 Å². The SMILES string of the molecule is CC(C)(Cc1ccccc1)NCCn1cnc2ccccc2c1=O. The molecule has 124 valence electrons. The van der Waals surface area contributed by atoms with Crippen molar-refractivity contribution in [2.45, 2.75) is 32.4 Å². The van der Waals surface area contributed by atoms with E-state index >= 15 is 0 Å². The average molecular weight is 321 g/mol. The predicted octanol–water partition coefficient (Wildman–Crippen LogP) is 3.01. The third-order valence-corrected chi connectivity index (χ3v) is 4.18. The average Bonchev–Trinajstić information content (AvgIpc) is 2.57. The van der Waals surface area contributed by atoms with Crippen LogP contribution in [0.1, 0.15) is 19.4 Å². The summed E-state index contributed by atoms with van der Waals surface area (Å²) in [7, 11) is 0. The second-order valence-corrected chi connectivity index (χ2v) is 6.73. The lowest BCUT2D eigenvalue weighted by atomic mass is 9.95. The smallest absolute Gasteiger partial charge is 0.261 e. The summed E-state index contributed by atoms with van der Waals surface area (Å²) in [4.78, 5) is 16.8. The quantitative estimate of drug-likeness (QED) is 0.759. The van der Waals surface area contributed by atoms with E-state index in [9.17, 15) is 4.79 Å². The molecule has 0 amide bonds. The minimum Gasteiger partial charge on any atom is -0.310 e. The molecule has 0 saturated heterocycles. The van der Waals surface area contributed by atoms with E-state index < -0.39 is 0 Å². The summed E-state index contributed by atoms with van der Waals surface area (Å²) >= 11 is 0. The summed E-state index contributed by atoms with van der Waals surface area (Å²) in [6, 6.07) is 17.9. The maximum atomic E-state index is 12.5. The van der Waals surface area contributed by atoms with Crippen molar-refractivity contribution in [2.75, 3.05) is 6.54 Å². The minimum atomic E-state index is -0.0325. The Labute approximate surface area is 142 Å². The highest BCUT2D eigenvalue weighted by molar-refractivity contribution is 5.76. The molecule has 24 heavy (non-hydrogen) atoms. The van der Waals surface area contributed by atoms with Crippen molar-refractivity contribution in [3.05, 3.63) is 76.8 Å². The predicted molar refractivity (Wildman–Crippen MR) is 98.2 cm³/mol. The van der Waals surface area contributed by atoms with Gasteiger partial charge >= 0.3 is 0 Å². The Kier molecular flexibility index (Phi) is 4.76. The van der Waals surface area contributed by atoms with E-state index in [1.54, 1.807) is 10.9 Å². The van der Waals surface area contributed by atoms with E-state index in [1.807, 2.05) is 30.3 Å². The number of fused-ring (bicyclic) bond motifs is 1. The number of nitrogens with zero attached hydrogens (tertiary/aromatic N) is 2. The van der Waals surface area contributed by atoms with E-state index in [1.165, 1.54) is 5.56 Å². The molecule has 0 fully saturated rings. The van der Waals surface area contributed by atoms with E-state index in [2.05, 4.69) is 48.4 Å². The van der Waals surface area contributed by atoms with E-state index in [0.717, 1.165) is 18.5 Å². The number of aromatic nitrogens is 2. The molecule has 0 bridgehead atoms. The van der Waals surface area contributed by atoms with Crippen LogP contribution in [-0.4, -0.2) is 21.6 Å². The van der Waals surface area contributed by atoms with Gasteiger partial charge in [-0.25, -0.2) is 4.98 Å². The van der Waals surface area contributed by atoms with Crippen LogP contribution < -0.4 is 10.9 Å². The summed E-state index contributed by atoms with van der Waals surface area (Å²) in [5.41, 5.74) is 2.04. The fraction of sp³-hybridized carbons (Fsp3) is 0.300. The molecule has 0 unspecified atom stereocenters. The van der Waals surface area contributed by atoms with Gasteiger partial charge in [-0.3, -0.25) is 9.36 Å². The molecule has 0 spiro atoms. The third-order valence-electron chi connectivity index (χ3n) is 4.18. The van der Waals surface area contributed by atoms with Crippen LogP contribution in [-0.2, 0) is 13.0 Å². The van der Waals surface area contributed by atoms with Crippen LogP contribution in [0.5, 0.6) is 0 Å². The number of hydrogen-bond acceptors (Lipinski definition) is 3. The highest BCUT2D eigenvalue weighted by Crippen LogP contribution is 2.12. The van der Waals surface area contributed by atoms with E-state index in [-0.39, 0.29) is 11.1 Å². The number of nitrogens with one attached hydrogen (secondary N) is 1. The van der Waals surface area contributed by atoms with Crippen molar-refractivity contribution in [2.24, 2.45) is 0 Å². The lowest BCUT2D eigenvalue weighted by Crippen LogP contribution is -2.43. The van der Waals surface area contributed by atoms with Gasteiger partial charge in [0.15, 0.2) is 0 Å². The van der Waals surface area contributed by atoms with Crippen molar-refractivity contribution < 1.29 is 0 Å². The lowest BCUT2D eigenvalue weighted by molar-refractivity contribution is 0.375. The van der Waals surface area contributed by atoms with Gasteiger partial charge in [-0.05, 0) is 38.0 Å². The minimum absolute atomic E-state index is 0.0169. The van der Waals surface area contributed by atoms with Crippen molar-refractivity contribution in [3.63, 3.8) is 0 Å². The van der Waals surface area contributed by atoms with Crippen molar-refractivity contribution in [3.8, 4) is 0 Å². The summed E-state index contributed by atoms with van der Waals surface area (Å²) in [6.45, 7) is 5.69. The summed E-state index contributed by atoms with van der Waals surface area (Å²) < 4.78 is 1.67. The second kappa shape index (κ2) is 6.97. The molecule has 0 aliphatic carbocycles. The molecule has 4 nitrogen and oxygen atoms in total. The van der Waals surface area contributed by atoms with Crippen LogP contribution in [0.15, 0.2) is 65.7 Å². The molecular weight excluding hydrogens is 298 g/mol. The lowest BCUT2D eigenvalue weighted by Gasteiger charge is -2.26. The number of benzene rings is 2. The first-order valence-electron chi connectivity index (χ1n) is 8.28. The molecule has 1 N–H and O–H groups in total. The Morgan fingerprint density at radius 3 is 2.54 bits per heavy atom. The van der Waals surface area contributed by atoms with Gasteiger partial charge in [-0.2, -0.15) is 0 Å². The highest BCUT2D eigenvalue weighted by Gasteiger charge is 2.17. The van der Waals surface area contributed by atoms with Gasteiger partial charge in [0.05, 0.1) is 17.2 Å². The van der Waals surface area contributed by atoms with Crippen LogP contribution in [0.2, 0.25) is 0 Å². The summed E-state index contributed by atoms with van der Waals surface area (Å²) in [5, 5.41) is 4.21. The number of hydrogen-bond donors (Lipinski definition) is 1. The Morgan fingerprint density at radius 1 is 1.04 bits per heavy atom. The van der Waals surface area contributed by atoms with Gasteiger partial charge in [0.1, 0.15) is 0 Å². The Bertz CT molecular complexity index is 869.